The fourth-order valence-electron chi connectivity index (χ4n) is 1.89. The lowest BCUT2D eigenvalue weighted by molar-refractivity contribution is 0.380. The predicted molar refractivity (Wildman–Crippen MR) is 66.7 cm³/mol. The Hall–Kier alpha value is -1.09. The van der Waals surface area contributed by atoms with Crippen LogP contribution in [-0.4, -0.2) is 19.1 Å². The average Bonchev–Trinajstić information content (AvgIpc) is 2.35. The van der Waals surface area contributed by atoms with Gasteiger partial charge in [-0.05, 0) is 19.5 Å². The van der Waals surface area contributed by atoms with E-state index in [0.29, 0.717) is 6.04 Å². The van der Waals surface area contributed by atoms with Crippen molar-refractivity contribution in [3.63, 3.8) is 0 Å². The van der Waals surface area contributed by atoms with E-state index in [1.165, 1.54) is 19.3 Å². The quantitative estimate of drug-likeness (QED) is 0.720. The molecular weight excluding hydrogens is 200 g/mol. The molecule has 1 atom stereocenters. The molecule has 90 valence electrons. The van der Waals surface area contributed by atoms with Gasteiger partial charge in [-0.3, -0.25) is 0 Å². The van der Waals surface area contributed by atoms with E-state index in [0.717, 1.165) is 17.9 Å². The van der Waals surface area contributed by atoms with E-state index in [2.05, 4.69) is 23.3 Å². The van der Waals surface area contributed by atoms with Gasteiger partial charge in [0.1, 0.15) is 0 Å². The second-order valence-corrected chi connectivity index (χ2v) is 3.94. The van der Waals surface area contributed by atoms with Gasteiger partial charge in [-0.15, -0.1) is 0 Å². The summed E-state index contributed by atoms with van der Waals surface area (Å²) in [6.07, 6.45) is 6.66. The van der Waals surface area contributed by atoms with Crippen LogP contribution in [0.1, 0.15) is 44.2 Å². The Balaban J connectivity index is 2.69. The van der Waals surface area contributed by atoms with Gasteiger partial charge in [0.2, 0.25) is 5.88 Å². The maximum absolute atomic E-state index is 5.28. The van der Waals surface area contributed by atoms with Gasteiger partial charge in [0, 0.05) is 17.8 Å². The molecule has 0 saturated carbocycles. The van der Waals surface area contributed by atoms with E-state index in [1.807, 2.05) is 13.1 Å². The Kier molecular flexibility index (Phi) is 5.86. The molecule has 1 aromatic heterocycles. The summed E-state index contributed by atoms with van der Waals surface area (Å²) in [4.78, 5) is 4.23. The van der Waals surface area contributed by atoms with Crippen LogP contribution in [0, 0.1) is 0 Å². The standard InChI is InChI=1S/C13H22N2O/c1-4-5-6-9-12(14-2)11-8-7-10-15-13(11)16-3/h7-8,10,12,14H,4-6,9H2,1-3H3. The summed E-state index contributed by atoms with van der Waals surface area (Å²) in [5.74, 6) is 0.735. The van der Waals surface area contributed by atoms with Crippen LogP contribution in [0.4, 0.5) is 0 Å². The zero-order chi connectivity index (χ0) is 11.8. The molecule has 0 aliphatic rings. The highest BCUT2D eigenvalue weighted by molar-refractivity contribution is 5.28. The Morgan fingerprint density at radius 3 is 2.88 bits per heavy atom. The number of nitrogens with zero attached hydrogens (tertiary/aromatic N) is 1. The van der Waals surface area contributed by atoms with Crippen LogP contribution < -0.4 is 10.1 Å². The number of aromatic nitrogens is 1. The number of pyridine rings is 1. The summed E-state index contributed by atoms with van der Waals surface area (Å²) in [7, 11) is 3.66. The average molecular weight is 222 g/mol. The first-order valence-corrected chi connectivity index (χ1v) is 5.99. The molecule has 1 heterocycles. The Morgan fingerprint density at radius 2 is 2.25 bits per heavy atom. The molecular formula is C13H22N2O. The van der Waals surface area contributed by atoms with E-state index in [-0.39, 0.29) is 0 Å². The van der Waals surface area contributed by atoms with Crippen LogP contribution in [0.15, 0.2) is 18.3 Å². The third kappa shape index (κ3) is 3.49. The second-order valence-electron chi connectivity index (χ2n) is 3.94. The minimum absolute atomic E-state index is 0.343. The topological polar surface area (TPSA) is 34.2 Å². The van der Waals surface area contributed by atoms with Crippen molar-refractivity contribution in [3.8, 4) is 5.88 Å². The first-order chi connectivity index (χ1) is 7.83. The van der Waals surface area contributed by atoms with Gasteiger partial charge < -0.3 is 10.1 Å². The highest BCUT2D eigenvalue weighted by atomic mass is 16.5. The highest BCUT2D eigenvalue weighted by Gasteiger charge is 2.14. The Morgan fingerprint density at radius 1 is 1.44 bits per heavy atom. The summed E-state index contributed by atoms with van der Waals surface area (Å²) < 4.78 is 5.28. The largest absolute Gasteiger partial charge is 0.481 e. The van der Waals surface area contributed by atoms with Crippen molar-refractivity contribution < 1.29 is 4.74 Å². The molecule has 0 spiro atoms. The molecule has 0 radical (unpaired) electrons. The van der Waals surface area contributed by atoms with Crippen LogP contribution in [0.25, 0.3) is 0 Å². The van der Waals surface area contributed by atoms with Gasteiger partial charge in [0.15, 0.2) is 0 Å². The molecule has 1 N–H and O–H groups in total. The molecule has 0 saturated heterocycles. The van der Waals surface area contributed by atoms with Gasteiger partial charge >= 0.3 is 0 Å². The van der Waals surface area contributed by atoms with Crippen molar-refractivity contribution in [2.75, 3.05) is 14.2 Å². The van der Waals surface area contributed by atoms with Gasteiger partial charge in [-0.1, -0.05) is 32.3 Å². The van der Waals surface area contributed by atoms with Crippen molar-refractivity contribution in [2.24, 2.45) is 0 Å². The van der Waals surface area contributed by atoms with Gasteiger partial charge in [0.05, 0.1) is 7.11 Å². The van der Waals surface area contributed by atoms with Crippen molar-refractivity contribution in [1.82, 2.24) is 10.3 Å². The number of nitrogens with one attached hydrogen (secondary N) is 1. The van der Waals surface area contributed by atoms with E-state index < -0.39 is 0 Å². The number of hydrogen-bond donors (Lipinski definition) is 1. The number of unbranched alkanes of at least 4 members (excludes halogenated alkanes) is 2. The summed E-state index contributed by atoms with van der Waals surface area (Å²) in [5.41, 5.74) is 1.16. The number of methoxy groups -OCH3 is 1. The summed E-state index contributed by atoms with van der Waals surface area (Å²) in [6, 6.07) is 4.39. The molecule has 0 bridgehead atoms. The van der Waals surface area contributed by atoms with Crippen LogP contribution >= 0.6 is 0 Å². The number of hydrogen-bond acceptors (Lipinski definition) is 3. The summed E-state index contributed by atoms with van der Waals surface area (Å²) in [5, 5.41) is 3.33. The SMILES string of the molecule is CCCCCC(NC)c1cccnc1OC. The smallest absolute Gasteiger partial charge is 0.217 e. The van der Waals surface area contributed by atoms with E-state index in [4.69, 9.17) is 4.74 Å². The fourth-order valence-corrected chi connectivity index (χ4v) is 1.89. The molecule has 3 heteroatoms. The van der Waals surface area contributed by atoms with Crippen molar-refractivity contribution in [3.05, 3.63) is 23.9 Å². The molecule has 0 fully saturated rings. The molecule has 0 aliphatic heterocycles. The number of ether oxygens (including phenoxy) is 1. The summed E-state index contributed by atoms with van der Waals surface area (Å²) in [6.45, 7) is 2.22. The minimum atomic E-state index is 0.343. The zero-order valence-corrected chi connectivity index (χ0v) is 10.5. The molecule has 16 heavy (non-hydrogen) atoms. The van der Waals surface area contributed by atoms with Crippen LogP contribution in [0.3, 0.4) is 0 Å². The van der Waals surface area contributed by atoms with Crippen LogP contribution in [0.5, 0.6) is 5.88 Å². The molecule has 1 rings (SSSR count). The van der Waals surface area contributed by atoms with E-state index in [1.54, 1.807) is 13.3 Å². The maximum Gasteiger partial charge on any atom is 0.217 e. The third-order valence-corrected chi connectivity index (χ3v) is 2.81. The van der Waals surface area contributed by atoms with Crippen LogP contribution in [-0.2, 0) is 0 Å². The maximum atomic E-state index is 5.28. The highest BCUT2D eigenvalue weighted by Crippen LogP contribution is 2.26. The van der Waals surface area contributed by atoms with Gasteiger partial charge in [0.25, 0.3) is 0 Å². The lowest BCUT2D eigenvalue weighted by atomic mass is 10.0. The van der Waals surface area contributed by atoms with E-state index in [9.17, 15) is 0 Å². The molecule has 1 unspecified atom stereocenters. The molecule has 1 aromatic rings. The Labute approximate surface area is 98.2 Å². The lowest BCUT2D eigenvalue weighted by Crippen LogP contribution is -2.17. The predicted octanol–water partition coefficient (Wildman–Crippen LogP) is 2.93. The van der Waals surface area contributed by atoms with Crippen molar-refractivity contribution in [2.45, 2.75) is 38.6 Å². The third-order valence-electron chi connectivity index (χ3n) is 2.81. The molecule has 3 nitrogen and oxygen atoms in total. The first-order valence-electron chi connectivity index (χ1n) is 5.99. The summed E-state index contributed by atoms with van der Waals surface area (Å²) >= 11 is 0. The van der Waals surface area contributed by atoms with Crippen molar-refractivity contribution >= 4 is 0 Å². The minimum Gasteiger partial charge on any atom is -0.481 e. The zero-order valence-electron chi connectivity index (χ0n) is 10.5. The van der Waals surface area contributed by atoms with Gasteiger partial charge in [-0.2, -0.15) is 0 Å². The Bertz CT molecular complexity index is 302. The second kappa shape index (κ2) is 7.23. The molecule has 0 aliphatic carbocycles. The molecule has 0 amide bonds. The van der Waals surface area contributed by atoms with Gasteiger partial charge in [-0.25, -0.2) is 4.98 Å². The number of rotatable bonds is 7. The van der Waals surface area contributed by atoms with Crippen molar-refractivity contribution in [1.29, 1.82) is 0 Å². The fraction of sp³-hybridized carbons (Fsp3) is 0.615. The molecule has 0 aromatic carbocycles. The van der Waals surface area contributed by atoms with E-state index >= 15 is 0 Å². The van der Waals surface area contributed by atoms with Crippen LogP contribution in [0.2, 0.25) is 0 Å². The lowest BCUT2D eigenvalue weighted by Gasteiger charge is -2.18. The normalized spacial score (nSPS) is 12.4. The first kappa shape index (κ1) is 13.0. The monoisotopic (exact) mass is 222 g/mol.